The Balaban J connectivity index is 2.01. The molecule has 2 aromatic carbocycles. The van der Waals surface area contributed by atoms with Crippen molar-refractivity contribution in [1.29, 1.82) is 0 Å². The molecule has 2 aliphatic rings. The minimum Gasteiger partial charge on any atom is -0.290 e. The second-order valence-corrected chi connectivity index (χ2v) is 7.12. The van der Waals surface area contributed by atoms with Crippen LogP contribution in [0.3, 0.4) is 0 Å². The molecule has 2 heteroatoms. The molecule has 1 nitrogen and oxygen atoms in total. The minimum atomic E-state index is -0.337. The van der Waals surface area contributed by atoms with E-state index in [-0.39, 0.29) is 11.2 Å². The Labute approximate surface area is 149 Å². The Morgan fingerprint density at radius 2 is 1.57 bits per heavy atom. The van der Waals surface area contributed by atoms with Crippen LogP contribution in [0.15, 0.2) is 72.8 Å². The fraction of sp³-hybridized carbons (Fsp3) is 0.0952. The van der Waals surface area contributed by atoms with E-state index in [0.29, 0.717) is 0 Å². The summed E-state index contributed by atoms with van der Waals surface area (Å²) in [5.41, 5.74) is 5.89. The number of ketones is 1. The van der Waals surface area contributed by atoms with Gasteiger partial charge < -0.3 is 0 Å². The lowest BCUT2D eigenvalue weighted by Gasteiger charge is -2.29. The Bertz CT molecular complexity index is 882. The number of carbonyl (C=O) groups excluding carboxylic acids is 1. The summed E-state index contributed by atoms with van der Waals surface area (Å²) in [6, 6.07) is 17.1. The zero-order valence-corrected chi connectivity index (χ0v) is 14.9. The highest BCUT2D eigenvalue weighted by atomic mass is 127. The monoisotopic (exact) mass is 410 g/mol. The van der Waals surface area contributed by atoms with Crippen molar-refractivity contribution < 1.29 is 4.79 Å². The molecule has 2 aromatic rings. The van der Waals surface area contributed by atoms with Crippen LogP contribution in [0.5, 0.6) is 0 Å². The Morgan fingerprint density at radius 1 is 0.913 bits per heavy atom. The van der Waals surface area contributed by atoms with Crippen molar-refractivity contribution in [3.8, 4) is 0 Å². The van der Waals surface area contributed by atoms with E-state index in [1.54, 1.807) is 12.2 Å². The first kappa shape index (κ1) is 14.6. The molecule has 0 radical (unpaired) electrons. The van der Waals surface area contributed by atoms with Gasteiger partial charge in [0.1, 0.15) is 0 Å². The van der Waals surface area contributed by atoms with Crippen LogP contribution in [0.2, 0.25) is 0 Å². The third kappa shape index (κ3) is 2.16. The third-order valence-corrected chi connectivity index (χ3v) is 5.72. The van der Waals surface area contributed by atoms with E-state index >= 15 is 0 Å². The molecule has 0 amide bonds. The first-order chi connectivity index (χ1) is 11.1. The molecule has 1 spiro atoms. The van der Waals surface area contributed by atoms with Gasteiger partial charge in [-0.3, -0.25) is 4.79 Å². The normalized spacial score (nSPS) is 17.9. The summed E-state index contributed by atoms with van der Waals surface area (Å²) in [6.07, 6.45) is 7.49. The summed E-state index contributed by atoms with van der Waals surface area (Å²) in [5.74, 6) is 0.0540. The molecule has 23 heavy (non-hydrogen) atoms. The summed E-state index contributed by atoms with van der Waals surface area (Å²) < 4.78 is 1.26. The van der Waals surface area contributed by atoms with Gasteiger partial charge in [-0.25, -0.2) is 0 Å². The lowest BCUT2D eigenvalue weighted by molar-refractivity contribution is -0.110. The molecular formula is C21H15IO. The number of benzene rings is 2. The summed E-state index contributed by atoms with van der Waals surface area (Å²) in [5, 5.41) is 0. The molecule has 112 valence electrons. The number of aryl methyl sites for hydroxylation is 1. The summed E-state index contributed by atoms with van der Waals surface area (Å²) in [7, 11) is 0. The number of fused-ring (bicyclic) bond motifs is 2. The summed E-state index contributed by atoms with van der Waals surface area (Å²) in [4.78, 5) is 11.7. The largest absolute Gasteiger partial charge is 0.290 e. The molecule has 0 unspecified atom stereocenters. The number of rotatable bonds is 1. The molecular weight excluding hydrogens is 395 g/mol. The molecule has 0 fully saturated rings. The zero-order chi connectivity index (χ0) is 16.0. The van der Waals surface area contributed by atoms with Crippen LogP contribution in [-0.4, -0.2) is 5.78 Å². The highest BCUT2D eigenvalue weighted by Crippen LogP contribution is 2.55. The number of hydrogen-bond donors (Lipinski definition) is 0. The van der Waals surface area contributed by atoms with E-state index in [4.69, 9.17) is 0 Å². The van der Waals surface area contributed by atoms with Crippen molar-refractivity contribution in [1.82, 2.24) is 0 Å². The molecule has 0 saturated heterocycles. The average molecular weight is 410 g/mol. The van der Waals surface area contributed by atoms with E-state index in [1.165, 1.54) is 31.4 Å². The Hall–Kier alpha value is -1.94. The molecule has 0 bridgehead atoms. The van der Waals surface area contributed by atoms with Gasteiger partial charge in [0.15, 0.2) is 5.78 Å². The van der Waals surface area contributed by atoms with Crippen LogP contribution in [0, 0.1) is 6.92 Å². The van der Waals surface area contributed by atoms with Crippen LogP contribution >= 0.6 is 22.6 Å². The fourth-order valence-electron chi connectivity index (χ4n) is 3.46. The lowest BCUT2D eigenvalue weighted by atomic mass is 9.72. The maximum Gasteiger partial charge on any atom is 0.178 e. The van der Waals surface area contributed by atoms with Crippen molar-refractivity contribution in [3.63, 3.8) is 0 Å². The van der Waals surface area contributed by atoms with Gasteiger partial charge in [0.25, 0.3) is 0 Å². The van der Waals surface area contributed by atoms with Crippen LogP contribution in [0.1, 0.15) is 22.3 Å². The third-order valence-electron chi connectivity index (χ3n) is 4.60. The fourth-order valence-corrected chi connectivity index (χ4v) is 4.68. The Morgan fingerprint density at radius 3 is 2.26 bits per heavy atom. The second-order valence-electron chi connectivity index (χ2n) is 6.04. The maximum absolute atomic E-state index is 11.7. The van der Waals surface area contributed by atoms with Crippen molar-refractivity contribution in [2.75, 3.05) is 0 Å². The number of carbonyl (C=O) groups is 1. The summed E-state index contributed by atoms with van der Waals surface area (Å²) in [6.45, 7) is 2.10. The predicted octanol–water partition coefficient (Wildman–Crippen LogP) is 5.24. The Kier molecular flexibility index (Phi) is 3.38. The molecule has 2 aliphatic carbocycles. The van der Waals surface area contributed by atoms with E-state index < -0.39 is 0 Å². The predicted molar refractivity (Wildman–Crippen MR) is 103 cm³/mol. The van der Waals surface area contributed by atoms with E-state index in [0.717, 1.165) is 0 Å². The molecule has 0 saturated carbocycles. The molecule has 4 rings (SSSR count). The lowest BCUT2D eigenvalue weighted by Crippen LogP contribution is -2.23. The van der Waals surface area contributed by atoms with Crippen LogP contribution in [0.4, 0.5) is 0 Å². The van der Waals surface area contributed by atoms with Gasteiger partial charge in [-0.15, -0.1) is 0 Å². The molecule has 0 atom stereocenters. The zero-order valence-electron chi connectivity index (χ0n) is 12.7. The number of hydrogen-bond acceptors (Lipinski definition) is 1. The van der Waals surface area contributed by atoms with Gasteiger partial charge in [0.2, 0.25) is 0 Å². The second kappa shape index (κ2) is 5.31. The maximum atomic E-state index is 11.7. The van der Waals surface area contributed by atoms with Crippen molar-refractivity contribution in [2.24, 2.45) is 0 Å². The van der Waals surface area contributed by atoms with Gasteiger partial charge in [-0.1, -0.05) is 66.2 Å². The summed E-state index contributed by atoms with van der Waals surface area (Å²) >= 11 is 2.44. The van der Waals surface area contributed by atoms with Crippen molar-refractivity contribution in [2.45, 2.75) is 12.3 Å². The molecule has 0 aromatic heterocycles. The van der Waals surface area contributed by atoms with E-state index in [2.05, 4.69) is 90.2 Å². The highest BCUT2D eigenvalue weighted by Gasteiger charge is 2.42. The SMILES string of the molecule is Cc1ccc(C2=C(I)c3ccccc3C23C=CC(=O)C=C3)cc1. The highest BCUT2D eigenvalue weighted by molar-refractivity contribution is 14.1. The molecule has 0 aliphatic heterocycles. The molecule has 0 heterocycles. The molecule has 0 N–H and O–H groups in total. The van der Waals surface area contributed by atoms with E-state index in [1.807, 2.05) is 0 Å². The van der Waals surface area contributed by atoms with E-state index in [9.17, 15) is 4.79 Å². The van der Waals surface area contributed by atoms with Gasteiger partial charge >= 0.3 is 0 Å². The van der Waals surface area contributed by atoms with Crippen molar-refractivity contribution in [3.05, 3.63) is 95.1 Å². The minimum absolute atomic E-state index is 0.0540. The number of halogens is 1. The quantitative estimate of drug-likeness (QED) is 0.588. The van der Waals surface area contributed by atoms with Gasteiger partial charge in [-0.2, -0.15) is 0 Å². The van der Waals surface area contributed by atoms with Crippen LogP contribution in [0.25, 0.3) is 9.15 Å². The average Bonchev–Trinajstić information content (AvgIpc) is 2.81. The first-order valence-corrected chi connectivity index (χ1v) is 8.69. The first-order valence-electron chi connectivity index (χ1n) is 7.61. The van der Waals surface area contributed by atoms with Gasteiger partial charge in [-0.05, 0) is 63.9 Å². The topological polar surface area (TPSA) is 17.1 Å². The van der Waals surface area contributed by atoms with Crippen LogP contribution < -0.4 is 0 Å². The van der Waals surface area contributed by atoms with Crippen LogP contribution in [-0.2, 0) is 10.2 Å². The van der Waals surface area contributed by atoms with Gasteiger partial charge in [0, 0.05) is 3.58 Å². The van der Waals surface area contributed by atoms with Gasteiger partial charge in [0.05, 0.1) is 5.41 Å². The standard InChI is InChI=1S/C21H15IO/c1-14-6-8-15(9-7-14)19-20(22)17-4-2-3-5-18(17)21(19)12-10-16(23)11-13-21/h2-13H,1H3. The van der Waals surface area contributed by atoms with Crippen molar-refractivity contribution >= 4 is 37.5 Å². The number of allylic oxidation sites excluding steroid dienone is 5. The smallest absolute Gasteiger partial charge is 0.178 e.